The van der Waals surface area contributed by atoms with E-state index < -0.39 is 0 Å². The quantitative estimate of drug-likeness (QED) is 0.779. The van der Waals surface area contributed by atoms with E-state index in [1.54, 1.807) is 0 Å². The molecule has 0 aliphatic heterocycles. The van der Waals surface area contributed by atoms with Crippen LogP contribution < -0.4 is 10.6 Å². The van der Waals surface area contributed by atoms with Crippen LogP contribution in [0.1, 0.15) is 37.7 Å². The van der Waals surface area contributed by atoms with E-state index in [1.165, 1.54) is 37.5 Å². The predicted octanol–water partition coefficient (Wildman–Crippen LogP) is 4.18. The number of rotatable bonds is 4. The maximum Gasteiger partial charge on any atom is 0.319 e. The molecule has 22 heavy (non-hydrogen) atoms. The molecule has 2 aliphatic rings. The summed E-state index contributed by atoms with van der Waals surface area (Å²) >= 11 is 0. The summed E-state index contributed by atoms with van der Waals surface area (Å²) in [7, 11) is 0. The Morgan fingerprint density at radius 2 is 2.18 bits per heavy atom. The lowest BCUT2D eigenvalue weighted by Gasteiger charge is -2.42. The number of carbonyl (C=O) groups excluding carboxylic acids is 1. The van der Waals surface area contributed by atoms with Crippen LogP contribution in [0.4, 0.5) is 10.5 Å². The van der Waals surface area contributed by atoms with Crippen molar-refractivity contribution in [2.45, 2.75) is 39.0 Å². The highest BCUT2D eigenvalue weighted by Gasteiger charge is 2.48. The number of benzene rings is 1. The Balaban J connectivity index is 1.41. The van der Waals surface area contributed by atoms with E-state index in [4.69, 9.17) is 0 Å². The number of aromatic amines is 1. The van der Waals surface area contributed by atoms with Gasteiger partial charge in [0.05, 0.1) is 0 Å². The molecular formula is C18H23N3O. The Morgan fingerprint density at radius 1 is 1.36 bits per heavy atom. The Kier molecular flexibility index (Phi) is 3.13. The molecule has 1 aromatic carbocycles. The summed E-state index contributed by atoms with van der Waals surface area (Å²) in [5, 5.41) is 7.28. The molecule has 0 unspecified atom stereocenters. The monoisotopic (exact) mass is 297 g/mol. The SMILES string of the molecule is Cc1cc2cc[nH]c2cc1NC(=O)NCC1(C2CC2)CCC1. The third kappa shape index (κ3) is 2.36. The standard InChI is InChI=1S/C18H23N3O/c1-12-9-13-5-8-19-16(13)10-15(12)21-17(22)20-11-18(6-2-7-18)14-3-4-14/h5,8-10,14,19H,2-4,6-7,11H2,1H3,(H2,20,21,22). The highest BCUT2D eigenvalue weighted by molar-refractivity contribution is 5.94. The normalized spacial score (nSPS) is 19.7. The van der Waals surface area contributed by atoms with E-state index >= 15 is 0 Å². The van der Waals surface area contributed by atoms with Gasteiger partial charge in [0.25, 0.3) is 0 Å². The van der Waals surface area contributed by atoms with Crippen LogP contribution in [0.5, 0.6) is 0 Å². The van der Waals surface area contributed by atoms with Gasteiger partial charge in [0.15, 0.2) is 0 Å². The van der Waals surface area contributed by atoms with E-state index in [9.17, 15) is 4.79 Å². The van der Waals surface area contributed by atoms with Crippen LogP contribution in [0.3, 0.4) is 0 Å². The molecule has 4 nitrogen and oxygen atoms in total. The van der Waals surface area contributed by atoms with E-state index in [0.29, 0.717) is 5.41 Å². The van der Waals surface area contributed by atoms with Crippen LogP contribution >= 0.6 is 0 Å². The lowest BCUT2D eigenvalue weighted by atomic mass is 9.65. The average molecular weight is 297 g/mol. The third-order valence-electron chi connectivity index (χ3n) is 5.54. The van der Waals surface area contributed by atoms with Gasteiger partial charge in [0.1, 0.15) is 0 Å². The average Bonchev–Trinajstić information content (AvgIpc) is 3.19. The predicted molar refractivity (Wildman–Crippen MR) is 89.1 cm³/mol. The number of nitrogens with one attached hydrogen (secondary N) is 3. The van der Waals surface area contributed by atoms with Gasteiger partial charge in [0, 0.05) is 23.9 Å². The molecule has 1 heterocycles. The molecule has 3 N–H and O–H groups in total. The fourth-order valence-electron chi connectivity index (χ4n) is 3.83. The first-order valence-electron chi connectivity index (χ1n) is 8.29. The Morgan fingerprint density at radius 3 is 2.86 bits per heavy atom. The first-order valence-corrected chi connectivity index (χ1v) is 8.29. The minimum Gasteiger partial charge on any atom is -0.361 e. The summed E-state index contributed by atoms with van der Waals surface area (Å²) in [6.07, 6.45) is 8.51. The van der Waals surface area contributed by atoms with Gasteiger partial charge in [-0.05, 0) is 73.1 Å². The van der Waals surface area contributed by atoms with Gasteiger partial charge < -0.3 is 15.6 Å². The fourth-order valence-corrected chi connectivity index (χ4v) is 3.83. The first kappa shape index (κ1) is 13.7. The van der Waals surface area contributed by atoms with Crippen LogP contribution in [0.15, 0.2) is 24.4 Å². The molecule has 2 amide bonds. The van der Waals surface area contributed by atoms with Crippen LogP contribution in [0, 0.1) is 18.3 Å². The lowest BCUT2D eigenvalue weighted by Crippen LogP contribution is -2.45. The Labute approximate surface area is 130 Å². The number of carbonyl (C=O) groups is 1. The van der Waals surface area contributed by atoms with Crippen molar-refractivity contribution in [2.24, 2.45) is 11.3 Å². The number of hydrogen-bond donors (Lipinski definition) is 3. The highest BCUT2D eigenvalue weighted by Crippen LogP contribution is 2.56. The highest BCUT2D eigenvalue weighted by atomic mass is 16.2. The number of H-pyrrole nitrogens is 1. The molecule has 2 aliphatic carbocycles. The van der Waals surface area contributed by atoms with Crippen LogP contribution in [0.2, 0.25) is 0 Å². The summed E-state index contributed by atoms with van der Waals surface area (Å²) < 4.78 is 0. The van der Waals surface area contributed by atoms with E-state index in [-0.39, 0.29) is 6.03 Å². The lowest BCUT2D eigenvalue weighted by molar-refractivity contribution is 0.103. The summed E-state index contributed by atoms with van der Waals surface area (Å²) in [5.74, 6) is 0.860. The molecule has 116 valence electrons. The van der Waals surface area contributed by atoms with E-state index in [1.807, 2.05) is 25.3 Å². The van der Waals surface area contributed by atoms with Crippen molar-refractivity contribution in [1.82, 2.24) is 10.3 Å². The van der Waals surface area contributed by atoms with Crippen molar-refractivity contribution in [3.8, 4) is 0 Å². The molecular weight excluding hydrogens is 274 g/mol. The Bertz CT molecular complexity index is 710. The van der Waals surface area contributed by atoms with Crippen molar-refractivity contribution in [3.05, 3.63) is 30.0 Å². The number of amides is 2. The molecule has 2 fully saturated rings. The second-order valence-corrected chi connectivity index (χ2v) is 7.03. The van der Waals surface area contributed by atoms with E-state index in [0.717, 1.165) is 29.2 Å². The van der Waals surface area contributed by atoms with Crippen LogP contribution in [-0.2, 0) is 0 Å². The van der Waals surface area contributed by atoms with Gasteiger partial charge in [-0.2, -0.15) is 0 Å². The maximum absolute atomic E-state index is 12.2. The molecule has 0 saturated heterocycles. The van der Waals surface area contributed by atoms with Gasteiger partial charge >= 0.3 is 6.03 Å². The molecule has 0 spiro atoms. The third-order valence-corrected chi connectivity index (χ3v) is 5.54. The van der Waals surface area contributed by atoms with Gasteiger partial charge in [0.2, 0.25) is 0 Å². The van der Waals surface area contributed by atoms with Gasteiger partial charge in [-0.15, -0.1) is 0 Å². The smallest absolute Gasteiger partial charge is 0.319 e. The maximum atomic E-state index is 12.2. The molecule has 0 bridgehead atoms. The second-order valence-electron chi connectivity index (χ2n) is 7.03. The largest absolute Gasteiger partial charge is 0.361 e. The van der Waals surface area contributed by atoms with Gasteiger partial charge in [-0.3, -0.25) is 0 Å². The zero-order chi connectivity index (χ0) is 15.2. The topological polar surface area (TPSA) is 56.9 Å². The van der Waals surface area contributed by atoms with Gasteiger partial charge in [-0.1, -0.05) is 6.42 Å². The molecule has 0 atom stereocenters. The number of fused-ring (bicyclic) bond motifs is 1. The molecule has 0 radical (unpaired) electrons. The summed E-state index contributed by atoms with van der Waals surface area (Å²) in [4.78, 5) is 15.4. The van der Waals surface area contributed by atoms with E-state index in [2.05, 4.69) is 21.7 Å². The minimum atomic E-state index is -0.0825. The molecule has 4 rings (SSSR count). The number of anilines is 1. The minimum absolute atomic E-state index is 0.0825. The zero-order valence-corrected chi connectivity index (χ0v) is 13.0. The summed E-state index contributed by atoms with van der Waals surface area (Å²) in [6.45, 7) is 2.85. The van der Waals surface area contributed by atoms with Crippen LogP contribution in [-0.4, -0.2) is 17.6 Å². The first-order chi connectivity index (χ1) is 10.7. The van der Waals surface area contributed by atoms with Crippen LogP contribution in [0.25, 0.3) is 10.9 Å². The number of urea groups is 1. The molecule has 2 saturated carbocycles. The van der Waals surface area contributed by atoms with Crippen molar-refractivity contribution >= 4 is 22.6 Å². The van der Waals surface area contributed by atoms with Crippen molar-refractivity contribution < 1.29 is 4.79 Å². The van der Waals surface area contributed by atoms with Crippen molar-refractivity contribution in [3.63, 3.8) is 0 Å². The number of aryl methyl sites for hydroxylation is 1. The Hall–Kier alpha value is -1.97. The number of aromatic nitrogens is 1. The van der Waals surface area contributed by atoms with Crippen molar-refractivity contribution in [1.29, 1.82) is 0 Å². The number of hydrogen-bond acceptors (Lipinski definition) is 1. The molecule has 1 aromatic heterocycles. The second kappa shape index (κ2) is 5.04. The molecule has 4 heteroatoms. The zero-order valence-electron chi connectivity index (χ0n) is 13.0. The fraction of sp³-hybridized carbons (Fsp3) is 0.500. The summed E-state index contributed by atoms with van der Waals surface area (Å²) in [5.41, 5.74) is 3.43. The van der Waals surface area contributed by atoms with Crippen molar-refractivity contribution in [2.75, 3.05) is 11.9 Å². The summed E-state index contributed by atoms with van der Waals surface area (Å²) in [6, 6.07) is 6.06. The molecule has 2 aromatic rings. The van der Waals surface area contributed by atoms with Gasteiger partial charge in [-0.25, -0.2) is 4.79 Å².